The first-order valence-electron chi connectivity index (χ1n) is 16.9. The Kier molecular flexibility index (Phi) is 12.5. The number of carbonyl (C=O) groups excluding carboxylic acids is 2. The van der Waals surface area contributed by atoms with Gasteiger partial charge in [-0.25, -0.2) is 4.39 Å². The number of benzene rings is 4. The number of halogens is 1. The number of amides is 1. The van der Waals surface area contributed by atoms with Gasteiger partial charge in [0, 0.05) is 23.5 Å². The van der Waals surface area contributed by atoms with Gasteiger partial charge in [0.25, 0.3) is 11.0 Å². The number of nitrogens with zero attached hydrogens (tertiary/aromatic N) is 2. The SMILES string of the molecule is CC(C)c1c(C(=O)Nc2ccccc2)c(-c2ccccc2)c(-c2ccc(F)cc2)n1CC[C@@H](O)C[C@@H](O)CC(=O)Oc1ccc(CO[N+](=O)[O-])cc1. The van der Waals surface area contributed by atoms with Gasteiger partial charge in [0.05, 0.1) is 29.9 Å². The summed E-state index contributed by atoms with van der Waals surface area (Å²) in [6.07, 6.45) is -2.59. The minimum atomic E-state index is -1.21. The van der Waals surface area contributed by atoms with Gasteiger partial charge in [-0.1, -0.05) is 74.5 Å². The lowest BCUT2D eigenvalue weighted by molar-refractivity contribution is -0.763. The van der Waals surface area contributed by atoms with Crippen molar-refractivity contribution in [2.24, 2.45) is 0 Å². The Hall–Kier alpha value is -5.85. The fourth-order valence-electron chi connectivity index (χ4n) is 6.15. The predicted octanol–water partition coefficient (Wildman–Crippen LogP) is 7.54. The molecule has 0 fully saturated rings. The molecule has 0 saturated carbocycles. The van der Waals surface area contributed by atoms with Crippen LogP contribution in [0.25, 0.3) is 22.4 Å². The number of para-hydroxylation sites is 1. The largest absolute Gasteiger partial charge is 0.426 e. The molecule has 3 N–H and O–H groups in total. The first kappa shape index (κ1) is 37.4. The summed E-state index contributed by atoms with van der Waals surface area (Å²) in [5, 5.41) is 34.4. The van der Waals surface area contributed by atoms with Crippen molar-refractivity contribution in [3.05, 3.63) is 142 Å². The third-order valence-corrected chi connectivity index (χ3v) is 8.41. The van der Waals surface area contributed by atoms with Gasteiger partial charge < -0.3 is 29.7 Å². The number of ether oxygens (including phenoxy) is 1. The Morgan fingerprint density at radius 3 is 2.12 bits per heavy atom. The van der Waals surface area contributed by atoms with Crippen LogP contribution in [0.5, 0.6) is 5.75 Å². The molecular formula is C40H40FN3O8. The molecule has 4 aromatic carbocycles. The van der Waals surface area contributed by atoms with Crippen molar-refractivity contribution in [3.63, 3.8) is 0 Å². The highest BCUT2D eigenvalue weighted by molar-refractivity contribution is 6.12. The van der Waals surface area contributed by atoms with E-state index in [2.05, 4.69) is 10.2 Å². The second-order valence-corrected chi connectivity index (χ2v) is 12.6. The van der Waals surface area contributed by atoms with E-state index in [1.165, 1.54) is 36.4 Å². The molecule has 0 saturated heterocycles. The number of hydrogen-bond donors (Lipinski definition) is 3. The summed E-state index contributed by atoms with van der Waals surface area (Å²) >= 11 is 0. The minimum Gasteiger partial charge on any atom is -0.426 e. The van der Waals surface area contributed by atoms with E-state index in [1.54, 1.807) is 24.3 Å². The van der Waals surface area contributed by atoms with Gasteiger partial charge in [0.1, 0.15) is 18.2 Å². The Morgan fingerprint density at radius 2 is 1.50 bits per heavy atom. The molecule has 52 heavy (non-hydrogen) atoms. The highest BCUT2D eigenvalue weighted by Gasteiger charge is 2.31. The molecule has 0 aliphatic carbocycles. The summed E-state index contributed by atoms with van der Waals surface area (Å²) in [5.41, 5.74) is 5.12. The number of aromatic nitrogens is 1. The highest BCUT2D eigenvalue weighted by atomic mass is 19.1. The Balaban J connectivity index is 1.39. The third kappa shape index (κ3) is 9.68. The summed E-state index contributed by atoms with van der Waals surface area (Å²) in [4.78, 5) is 41.5. The number of rotatable bonds is 16. The van der Waals surface area contributed by atoms with Gasteiger partial charge in [0.2, 0.25) is 0 Å². The van der Waals surface area contributed by atoms with Crippen molar-refractivity contribution < 1.29 is 38.9 Å². The van der Waals surface area contributed by atoms with Crippen LogP contribution in [0.15, 0.2) is 109 Å². The maximum absolute atomic E-state index is 14.2. The molecule has 1 heterocycles. The lowest BCUT2D eigenvalue weighted by atomic mass is 9.94. The third-order valence-electron chi connectivity index (χ3n) is 8.41. The number of esters is 1. The standard InChI is InChI=1S/C40H40FN3O8/c1-26(2)38-37(40(48)42-31-11-7-4-8-12-31)36(28-9-5-3-6-10-28)39(29-15-17-30(41)18-16-29)43(38)22-21-32(45)23-33(46)24-35(47)52-34-19-13-27(14-20-34)25-51-44(49)50/h3-20,26,32-33,45-46H,21-25H2,1-2H3,(H,42,48)/t32-,33-/m1/s1. The van der Waals surface area contributed by atoms with E-state index in [1.807, 2.05) is 66.9 Å². The highest BCUT2D eigenvalue weighted by Crippen LogP contribution is 2.42. The average molecular weight is 710 g/mol. The molecule has 1 aromatic heterocycles. The van der Waals surface area contributed by atoms with Crippen LogP contribution in [0, 0.1) is 15.9 Å². The molecule has 12 heteroatoms. The summed E-state index contributed by atoms with van der Waals surface area (Å²) in [6, 6.07) is 30.6. The average Bonchev–Trinajstić information content (AvgIpc) is 3.47. The molecule has 1 amide bonds. The topological polar surface area (TPSA) is 153 Å². The number of hydrogen-bond acceptors (Lipinski definition) is 8. The summed E-state index contributed by atoms with van der Waals surface area (Å²) in [5.74, 6) is -1.41. The summed E-state index contributed by atoms with van der Waals surface area (Å²) < 4.78 is 21.5. The zero-order valence-corrected chi connectivity index (χ0v) is 28.8. The van der Waals surface area contributed by atoms with Crippen LogP contribution in [0.1, 0.15) is 60.6 Å². The molecule has 0 bridgehead atoms. The molecule has 0 spiro atoms. The van der Waals surface area contributed by atoms with Crippen molar-refractivity contribution in [3.8, 4) is 28.1 Å². The van der Waals surface area contributed by atoms with E-state index in [0.717, 1.165) is 11.3 Å². The predicted molar refractivity (Wildman–Crippen MR) is 193 cm³/mol. The molecule has 5 aromatic rings. The zero-order chi connectivity index (χ0) is 37.2. The molecule has 0 aliphatic rings. The molecule has 2 atom stereocenters. The number of anilines is 1. The molecule has 0 unspecified atom stereocenters. The number of nitrogens with one attached hydrogen (secondary N) is 1. The van der Waals surface area contributed by atoms with Gasteiger partial charge in [-0.05, 0) is 84.0 Å². The van der Waals surface area contributed by atoms with E-state index in [4.69, 9.17) is 4.74 Å². The van der Waals surface area contributed by atoms with E-state index in [0.29, 0.717) is 33.6 Å². The minimum absolute atomic E-state index is 0.122. The fraction of sp³-hybridized carbons (Fsp3) is 0.250. The van der Waals surface area contributed by atoms with Crippen molar-refractivity contribution in [1.82, 2.24) is 4.57 Å². The van der Waals surface area contributed by atoms with Crippen molar-refractivity contribution in [2.45, 2.75) is 64.4 Å². The second-order valence-electron chi connectivity index (χ2n) is 12.6. The fourth-order valence-corrected chi connectivity index (χ4v) is 6.15. The van der Waals surface area contributed by atoms with Crippen molar-refractivity contribution in [1.29, 1.82) is 0 Å². The second kappa shape index (κ2) is 17.4. The maximum Gasteiger partial charge on any atom is 0.313 e. The van der Waals surface area contributed by atoms with E-state index in [9.17, 15) is 34.3 Å². The Morgan fingerprint density at radius 1 is 0.865 bits per heavy atom. The van der Waals surface area contributed by atoms with Crippen LogP contribution >= 0.6 is 0 Å². The van der Waals surface area contributed by atoms with Crippen LogP contribution in [-0.2, 0) is 22.8 Å². The number of aliphatic hydroxyl groups is 2. The summed E-state index contributed by atoms with van der Waals surface area (Å²) in [6.45, 7) is 3.95. The lowest BCUT2D eigenvalue weighted by Gasteiger charge is -2.20. The summed E-state index contributed by atoms with van der Waals surface area (Å²) in [7, 11) is 0. The molecule has 270 valence electrons. The van der Waals surface area contributed by atoms with Gasteiger partial charge in [-0.2, -0.15) is 0 Å². The zero-order valence-electron chi connectivity index (χ0n) is 28.8. The molecule has 5 rings (SSSR count). The van der Waals surface area contributed by atoms with E-state index < -0.39 is 29.1 Å². The molecule has 0 aliphatic heterocycles. The van der Waals surface area contributed by atoms with Crippen LogP contribution in [0.2, 0.25) is 0 Å². The van der Waals surface area contributed by atoms with E-state index in [-0.39, 0.29) is 50.0 Å². The molecular weight excluding hydrogens is 669 g/mol. The number of aliphatic hydroxyl groups excluding tert-OH is 2. The van der Waals surface area contributed by atoms with Gasteiger partial charge in [-0.15, -0.1) is 10.1 Å². The van der Waals surface area contributed by atoms with Crippen LogP contribution < -0.4 is 10.1 Å². The quantitative estimate of drug-likeness (QED) is 0.0411. The lowest BCUT2D eigenvalue weighted by Crippen LogP contribution is -2.24. The van der Waals surface area contributed by atoms with Gasteiger partial charge in [-0.3, -0.25) is 9.59 Å². The Bertz CT molecular complexity index is 1960. The first-order chi connectivity index (χ1) is 25.0. The maximum atomic E-state index is 14.2. The van der Waals surface area contributed by atoms with Crippen LogP contribution in [0.3, 0.4) is 0 Å². The van der Waals surface area contributed by atoms with Gasteiger partial charge in [0.15, 0.2) is 0 Å². The smallest absolute Gasteiger partial charge is 0.313 e. The van der Waals surface area contributed by atoms with Crippen LogP contribution in [-0.4, -0.2) is 44.0 Å². The molecule has 0 radical (unpaired) electrons. The van der Waals surface area contributed by atoms with Crippen molar-refractivity contribution in [2.75, 3.05) is 5.32 Å². The number of carbonyl (C=O) groups is 2. The van der Waals surface area contributed by atoms with E-state index >= 15 is 0 Å². The Labute approximate surface area is 300 Å². The van der Waals surface area contributed by atoms with Crippen molar-refractivity contribution >= 4 is 17.6 Å². The normalized spacial score (nSPS) is 12.3. The van der Waals surface area contributed by atoms with Gasteiger partial charge >= 0.3 is 5.97 Å². The molecule has 11 nitrogen and oxygen atoms in total. The van der Waals surface area contributed by atoms with Crippen LogP contribution in [0.4, 0.5) is 10.1 Å². The monoisotopic (exact) mass is 709 g/mol. The first-order valence-corrected chi connectivity index (χ1v) is 16.9.